The molecule has 0 unspecified atom stereocenters. The highest BCUT2D eigenvalue weighted by molar-refractivity contribution is 6.31. The number of nitrogens with zero attached hydrogens (tertiary/aromatic N) is 1. The lowest BCUT2D eigenvalue weighted by atomic mass is 10.1. The van der Waals surface area contributed by atoms with Crippen molar-refractivity contribution < 1.29 is 9.90 Å². The van der Waals surface area contributed by atoms with E-state index >= 15 is 0 Å². The molecule has 0 aliphatic heterocycles. The van der Waals surface area contributed by atoms with Gasteiger partial charge in [-0.3, -0.25) is 5.43 Å². The maximum atomic E-state index is 10.7. The van der Waals surface area contributed by atoms with Crippen LogP contribution in [0.25, 0.3) is 0 Å². The zero-order chi connectivity index (χ0) is 14.5. The summed E-state index contributed by atoms with van der Waals surface area (Å²) in [4.78, 5) is 10.7. The van der Waals surface area contributed by atoms with Gasteiger partial charge in [-0.15, -0.1) is 0 Å². The van der Waals surface area contributed by atoms with Crippen molar-refractivity contribution in [1.82, 2.24) is 0 Å². The highest BCUT2D eigenvalue weighted by atomic mass is 35.5. The van der Waals surface area contributed by atoms with Crippen LogP contribution in [0.5, 0.6) is 0 Å². The van der Waals surface area contributed by atoms with Crippen molar-refractivity contribution in [3.8, 4) is 0 Å². The molecule has 2 rings (SSSR count). The Morgan fingerprint density at radius 3 is 2.55 bits per heavy atom. The summed E-state index contributed by atoms with van der Waals surface area (Å²) in [5.74, 6) is -0.944. The number of carboxylic acid groups (broad SMARTS) is 1. The van der Waals surface area contributed by atoms with E-state index < -0.39 is 5.97 Å². The summed E-state index contributed by atoms with van der Waals surface area (Å²) < 4.78 is 0. The summed E-state index contributed by atoms with van der Waals surface area (Å²) in [5.41, 5.74) is 5.72. The van der Waals surface area contributed by atoms with Crippen molar-refractivity contribution in [3.63, 3.8) is 0 Å². The molecule has 0 atom stereocenters. The zero-order valence-electron chi connectivity index (χ0n) is 10.8. The summed E-state index contributed by atoms with van der Waals surface area (Å²) >= 11 is 6.01. The molecule has 0 saturated heterocycles. The fourth-order valence-corrected chi connectivity index (χ4v) is 1.74. The summed E-state index contributed by atoms with van der Waals surface area (Å²) in [6, 6.07) is 12.0. The van der Waals surface area contributed by atoms with Crippen LogP contribution in [-0.4, -0.2) is 17.3 Å². The van der Waals surface area contributed by atoms with Gasteiger partial charge in [0.25, 0.3) is 0 Å². The van der Waals surface area contributed by atoms with Crippen LogP contribution < -0.4 is 5.43 Å². The number of nitrogens with one attached hydrogen (secondary N) is 1. The predicted molar refractivity (Wildman–Crippen MR) is 80.8 cm³/mol. The third-order valence-corrected chi connectivity index (χ3v) is 3.14. The number of halogens is 1. The number of aromatic carboxylic acids is 1. The minimum Gasteiger partial charge on any atom is -0.478 e. The van der Waals surface area contributed by atoms with Crippen molar-refractivity contribution >= 4 is 29.5 Å². The van der Waals surface area contributed by atoms with Crippen molar-refractivity contribution in [2.45, 2.75) is 6.92 Å². The van der Waals surface area contributed by atoms with Crippen LogP contribution in [0.1, 0.15) is 21.5 Å². The lowest BCUT2D eigenvalue weighted by molar-refractivity contribution is 0.0697. The van der Waals surface area contributed by atoms with Crippen molar-refractivity contribution in [1.29, 1.82) is 0 Å². The third kappa shape index (κ3) is 3.59. The van der Waals surface area contributed by atoms with E-state index in [1.807, 2.05) is 19.1 Å². The quantitative estimate of drug-likeness (QED) is 0.664. The van der Waals surface area contributed by atoms with Crippen LogP contribution in [0.3, 0.4) is 0 Å². The predicted octanol–water partition coefficient (Wildman–Crippen LogP) is 3.79. The second kappa shape index (κ2) is 6.21. The standard InChI is InChI=1S/C15H13ClN2O2/c1-10-2-7-13(8-14(10)16)18-17-9-11-3-5-12(6-4-11)15(19)20/h2-9,18H,1H3,(H,19,20). The molecule has 2 aromatic rings. The first-order chi connectivity index (χ1) is 9.56. The summed E-state index contributed by atoms with van der Waals surface area (Å²) in [5, 5.41) is 13.5. The molecule has 0 saturated carbocycles. The molecule has 0 bridgehead atoms. The molecule has 0 radical (unpaired) electrons. The Balaban J connectivity index is 2.02. The second-order valence-electron chi connectivity index (χ2n) is 4.26. The van der Waals surface area contributed by atoms with Crippen LogP contribution in [0.4, 0.5) is 5.69 Å². The molecule has 0 aliphatic rings. The average molecular weight is 289 g/mol. The molecule has 0 amide bonds. The van der Waals surface area contributed by atoms with Gasteiger partial charge in [-0.2, -0.15) is 5.10 Å². The summed E-state index contributed by atoms with van der Waals surface area (Å²) in [6.07, 6.45) is 1.61. The number of hydrazone groups is 1. The van der Waals surface area contributed by atoms with Gasteiger partial charge < -0.3 is 5.11 Å². The Kier molecular flexibility index (Phi) is 4.38. The van der Waals surface area contributed by atoms with E-state index in [4.69, 9.17) is 16.7 Å². The van der Waals surface area contributed by atoms with Crippen LogP contribution >= 0.6 is 11.6 Å². The third-order valence-electron chi connectivity index (χ3n) is 2.74. The Bertz CT molecular complexity index is 651. The van der Waals surface area contributed by atoms with Crippen molar-refractivity contribution in [2.75, 3.05) is 5.43 Å². The van der Waals surface area contributed by atoms with Gasteiger partial charge in [-0.05, 0) is 42.3 Å². The SMILES string of the molecule is Cc1ccc(NN=Cc2ccc(C(=O)O)cc2)cc1Cl. The number of aryl methyl sites for hydroxylation is 1. The van der Waals surface area contributed by atoms with Gasteiger partial charge in [0.15, 0.2) is 0 Å². The Morgan fingerprint density at radius 1 is 1.25 bits per heavy atom. The molecule has 0 heterocycles. The second-order valence-corrected chi connectivity index (χ2v) is 4.67. The minimum absolute atomic E-state index is 0.250. The van der Waals surface area contributed by atoms with Gasteiger partial charge in [0.05, 0.1) is 17.5 Å². The minimum atomic E-state index is -0.944. The van der Waals surface area contributed by atoms with E-state index in [-0.39, 0.29) is 5.56 Å². The Hall–Kier alpha value is -2.33. The normalized spacial score (nSPS) is 10.7. The highest BCUT2D eigenvalue weighted by Gasteiger charge is 2.00. The van der Waals surface area contributed by atoms with Crippen molar-refractivity contribution in [3.05, 3.63) is 64.2 Å². The number of hydrogen-bond acceptors (Lipinski definition) is 3. The summed E-state index contributed by atoms with van der Waals surface area (Å²) in [7, 11) is 0. The van der Waals surface area contributed by atoms with Crippen LogP contribution in [0.15, 0.2) is 47.6 Å². The molecule has 102 valence electrons. The van der Waals surface area contributed by atoms with E-state index in [1.54, 1.807) is 24.4 Å². The molecule has 20 heavy (non-hydrogen) atoms. The number of carboxylic acids is 1. The molecule has 2 aromatic carbocycles. The molecule has 5 heteroatoms. The Morgan fingerprint density at radius 2 is 1.95 bits per heavy atom. The number of hydrogen-bond donors (Lipinski definition) is 2. The lowest BCUT2D eigenvalue weighted by Crippen LogP contribution is -1.96. The number of benzene rings is 2. The van der Waals surface area contributed by atoms with Gasteiger partial charge >= 0.3 is 5.97 Å². The molecule has 0 fully saturated rings. The van der Waals surface area contributed by atoms with E-state index in [1.165, 1.54) is 12.1 Å². The van der Waals surface area contributed by atoms with Gasteiger partial charge in [0, 0.05) is 5.02 Å². The van der Waals surface area contributed by atoms with Gasteiger partial charge in [0.1, 0.15) is 0 Å². The van der Waals surface area contributed by atoms with Crippen molar-refractivity contribution in [2.24, 2.45) is 5.10 Å². The monoisotopic (exact) mass is 288 g/mol. The smallest absolute Gasteiger partial charge is 0.335 e. The first-order valence-electron chi connectivity index (χ1n) is 5.95. The number of anilines is 1. The van der Waals surface area contributed by atoms with Gasteiger partial charge in [-0.1, -0.05) is 29.8 Å². The van der Waals surface area contributed by atoms with Gasteiger partial charge in [-0.25, -0.2) is 4.79 Å². The fraction of sp³-hybridized carbons (Fsp3) is 0.0667. The number of carbonyl (C=O) groups is 1. The molecule has 0 spiro atoms. The molecule has 4 nitrogen and oxygen atoms in total. The van der Waals surface area contributed by atoms with Crippen LogP contribution in [-0.2, 0) is 0 Å². The summed E-state index contributed by atoms with van der Waals surface area (Å²) in [6.45, 7) is 1.93. The van der Waals surface area contributed by atoms with E-state index in [9.17, 15) is 4.79 Å². The van der Waals surface area contributed by atoms with E-state index in [0.29, 0.717) is 5.02 Å². The highest BCUT2D eigenvalue weighted by Crippen LogP contribution is 2.19. The van der Waals surface area contributed by atoms with E-state index in [0.717, 1.165) is 16.8 Å². The molecule has 0 aliphatic carbocycles. The maximum Gasteiger partial charge on any atom is 0.335 e. The molecular weight excluding hydrogens is 276 g/mol. The first kappa shape index (κ1) is 14.1. The van der Waals surface area contributed by atoms with E-state index in [2.05, 4.69) is 10.5 Å². The first-order valence-corrected chi connectivity index (χ1v) is 6.32. The number of rotatable bonds is 4. The van der Waals surface area contributed by atoms with Crippen LogP contribution in [0.2, 0.25) is 5.02 Å². The van der Waals surface area contributed by atoms with Crippen LogP contribution in [0, 0.1) is 6.92 Å². The fourth-order valence-electron chi connectivity index (χ4n) is 1.56. The molecule has 2 N–H and O–H groups in total. The Labute approximate surface area is 121 Å². The molecule has 0 aromatic heterocycles. The molecular formula is C15H13ClN2O2. The average Bonchev–Trinajstić information content (AvgIpc) is 2.43. The topological polar surface area (TPSA) is 61.7 Å². The van der Waals surface area contributed by atoms with Gasteiger partial charge in [0.2, 0.25) is 0 Å². The lowest BCUT2D eigenvalue weighted by Gasteiger charge is -2.02. The zero-order valence-corrected chi connectivity index (χ0v) is 11.6. The maximum absolute atomic E-state index is 10.7. The largest absolute Gasteiger partial charge is 0.478 e.